The number of hydrogen-bond donors (Lipinski definition) is 0. The predicted molar refractivity (Wildman–Crippen MR) is 108 cm³/mol. The van der Waals surface area contributed by atoms with Gasteiger partial charge in [0.2, 0.25) is 0 Å². The molecule has 0 fully saturated rings. The summed E-state index contributed by atoms with van der Waals surface area (Å²) in [5.74, 6) is 0. The van der Waals surface area contributed by atoms with E-state index in [0.29, 0.717) is 16.6 Å². The quantitative estimate of drug-likeness (QED) is 0.240. The Bertz CT molecular complexity index is 416. The van der Waals surface area contributed by atoms with Crippen molar-refractivity contribution in [3.8, 4) is 0 Å². The Morgan fingerprint density at radius 1 is 1.19 bits per heavy atom. The lowest BCUT2D eigenvalue weighted by molar-refractivity contribution is 0.284. The van der Waals surface area contributed by atoms with E-state index in [0.717, 1.165) is 13.0 Å². The molecule has 0 unspecified atom stereocenters. The fourth-order valence-corrected chi connectivity index (χ4v) is 10.4. The molecule has 0 saturated heterocycles. The van der Waals surface area contributed by atoms with Gasteiger partial charge < -0.3 is 4.43 Å². The molecule has 4 heteroatoms. The fraction of sp³-hybridized carbons (Fsp3) is 0.647. The van der Waals surface area contributed by atoms with E-state index in [1.807, 2.05) is 0 Å². The molecule has 1 nitrogen and oxygen atoms in total. The van der Waals surface area contributed by atoms with Crippen LogP contribution in [0, 0.1) is 0 Å². The van der Waals surface area contributed by atoms with E-state index in [9.17, 15) is 0 Å². The summed E-state index contributed by atoms with van der Waals surface area (Å²) in [6.07, 6.45) is 3.32. The van der Waals surface area contributed by atoms with Crippen molar-refractivity contribution in [3.05, 3.63) is 28.5 Å². The van der Waals surface area contributed by atoms with Crippen molar-refractivity contribution in [3.63, 3.8) is 0 Å². The molecule has 0 N–H and O–H groups in total. The third kappa shape index (κ3) is 4.91. The lowest BCUT2D eigenvalue weighted by atomic mass is 10.3. The molecular formula is C17H29IOSSi. The van der Waals surface area contributed by atoms with Crippen LogP contribution in [-0.2, 0) is 4.43 Å². The zero-order valence-electron chi connectivity index (χ0n) is 14.2. The fourth-order valence-electron chi connectivity index (χ4n) is 3.44. The average Bonchev–Trinajstić information content (AvgIpc) is 2.90. The van der Waals surface area contributed by atoms with Gasteiger partial charge in [0.1, 0.15) is 0 Å². The number of rotatable bonds is 8. The molecular weight excluding hydrogens is 407 g/mol. The first-order valence-electron chi connectivity index (χ1n) is 7.85. The van der Waals surface area contributed by atoms with Crippen LogP contribution in [0.4, 0.5) is 0 Å². The molecule has 0 radical (unpaired) electrons. The van der Waals surface area contributed by atoms with Gasteiger partial charge in [-0.25, -0.2) is 0 Å². The third-order valence-corrected chi connectivity index (χ3v) is 12.7. The van der Waals surface area contributed by atoms with Crippen LogP contribution in [0.3, 0.4) is 0 Å². The molecule has 0 spiro atoms. The van der Waals surface area contributed by atoms with Gasteiger partial charge in [0.25, 0.3) is 0 Å². The van der Waals surface area contributed by atoms with Crippen LogP contribution >= 0.6 is 33.9 Å². The van der Waals surface area contributed by atoms with Crippen LogP contribution in [0.5, 0.6) is 0 Å². The highest BCUT2D eigenvalue weighted by Crippen LogP contribution is 2.42. The molecule has 0 atom stereocenters. The minimum atomic E-state index is -1.69. The molecule has 0 aromatic carbocycles. The van der Waals surface area contributed by atoms with Crippen LogP contribution in [0.25, 0.3) is 3.58 Å². The van der Waals surface area contributed by atoms with Crippen LogP contribution in [0.1, 0.15) is 52.8 Å². The van der Waals surface area contributed by atoms with E-state index >= 15 is 0 Å². The average molecular weight is 436 g/mol. The summed E-state index contributed by atoms with van der Waals surface area (Å²) in [5, 5.41) is 2.13. The van der Waals surface area contributed by atoms with Gasteiger partial charge in [-0.2, -0.15) is 0 Å². The van der Waals surface area contributed by atoms with Crippen LogP contribution in [-0.4, -0.2) is 14.9 Å². The number of halogens is 1. The normalized spacial score (nSPS) is 13.7. The predicted octanol–water partition coefficient (Wildman–Crippen LogP) is 7.11. The van der Waals surface area contributed by atoms with E-state index in [4.69, 9.17) is 4.43 Å². The molecule has 120 valence electrons. The smallest absolute Gasteiger partial charge is 0.200 e. The topological polar surface area (TPSA) is 9.23 Å². The largest absolute Gasteiger partial charge is 0.416 e. The van der Waals surface area contributed by atoms with E-state index in [1.54, 1.807) is 11.3 Å². The van der Waals surface area contributed by atoms with Gasteiger partial charge in [-0.3, -0.25) is 0 Å². The van der Waals surface area contributed by atoms with Gasteiger partial charge in [0.15, 0.2) is 8.32 Å². The van der Waals surface area contributed by atoms with Crippen LogP contribution in [0.15, 0.2) is 23.6 Å². The summed E-state index contributed by atoms with van der Waals surface area (Å²) in [5.41, 5.74) is 1.99. The molecule has 1 aromatic rings. The first-order valence-corrected chi connectivity index (χ1v) is 12.0. The molecule has 21 heavy (non-hydrogen) atoms. The Kier molecular flexibility index (Phi) is 8.17. The highest BCUT2D eigenvalue weighted by Gasteiger charge is 2.44. The van der Waals surface area contributed by atoms with Crippen molar-refractivity contribution in [2.45, 2.75) is 64.6 Å². The van der Waals surface area contributed by atoms with Gasteiger partial charge >= 0.3 is 0 Å². The van der Waals surface area contributed by atoms with E-state index < -0.39 is 8.32 Å². The van der Waals surface area contributed by atoms with Crippen molar-refractivity contribution >= 4 is 45.8 Å². The SMILES string of the molecule is CC(C)[Si](OCC/C=C(/I)c1cccs1)(C(C)C)C(C)C. The highest BCUT2D eigenvalue weighted by molar-refractivity contribution is 14.1. The van der Waals surface area contributed by atoms with E-state index in [1.165, 1.54) is 8.46 Å². The maximum atomic E-state index is 6.58. The molecule has 0 aliphatic carbocycles. The Morgan fingerprint density at radius 3 is 2.19 bits per heavy atom. The molecule has 0 saturated carbocycles. The van der Waals surface area contributed by atoms with E-state index in [-0.39, 0.29) is 0 Å². The Labute approximate surface area is 149 Å². The third-order valence-electron chi connectivity index (χ3n) is 4.26. The maximum Gasteiger partial charge on any atom is 0.200 e. The number of hydrogen-bond acceptors (Lipinski definition) is 2. The zero-order valence-corrected chi connectivity index (χ0v) is 18.1. The maximum absolute atomic E-state index is 6.58. The van der Waals surface area contributed by atoms with Gasteiger partial charge in [-0.15, -0.1) is 11.3 Å². The van der Waals surface area contributed by atoms with Crippen molar-refractivity contribution in [1.82, 2.24) is 0 Å². The minimum absolute atomic E-state index is 0.665. The van der Waals surface area contributed by atoms with Crippen LogP contribution in [0.2, 0.25) is 16.6 Å². The van der Waals surface area contributed by atoms with Gasteiger partial charge in [-0.05, 0) is 57.1 Å². The summed E-state index contributed by atoms with van der Waals surface area (Å²) < 4.78 is 7.92. The van der Waals surface area contributed by atoms with Crippen molar-refractivity contribution in [1.29, 1.82) is 0 Å². The van der Waals surface area contributed by atoms with Gasteiger partial charge in [0, 0.05) is 15.1 Å². The molecule has 0 aliphatic rings. The summed E-state index contributed by atoms with van der Waals surface area (Å²) in [4.78, 5) is 1.36. The first kappa shape index (κ1) is 19.4. The summed E-state index contributed by atoms with van der Waals surface area (Å²) in [6, 6.07) is 4.29. The summed E-state index contributed by atoms with van der Waals surface area (Å²) in [7, 11) is -1.69. The Morgan fingerprint density at radius 2 is 1.76 bits per heavy atom. The lowest BCUT2D eigenvalue weighted by Gasteiger charge is -2.42. The van der Waals surface area contributed by atoms with Crippen molar-refractivity contribution in [2.24, 2.45) is 0 Å². The second-order valence-corrected chi connectivity index (χ2v) is 14.1. The molecule has 0 amide bonds. The summed E-state index contributed by atoms with van der Waals surface area (Å²) >= 11 is 4.23. The van der Waals surface area contributed by atoms with Crippen molar-refractivity contribution in [2.75, 3.05) is 6.61 Å². The van der Waals surface area contributed by atoms with Gasteiger partial charge in [-0.1, -0.05) is 53.7 Å². The molecule has 0 aliphatic heterocycles. The van der Waals surface area contributed by atoms with Crippen LogP contribution < -0.4 is 0 Å². The van der Waals surface area contributed by atoms with Gasteiger partial charge in [0.05, 0.1) is 0 Å². The standard InChI is InChI=1S/C17H29IOSSi/c1-13(2)21(14(3)4,15(5)6)19-11-7-9-16(18)17-10-8-12-20-17/h8-10,12-15H,7,11H2,1-6H3/b16-9+. The number of thiophene rings is 1. The highest BCUT2D eigenvalue weighted by atomic mass is 127. The van der Waals surface area contributed by atoms with E-state index in [2.05, 4.69) is 87.7 Å². The lowest BCUT2D eigenvalue weighted by Crippen LogP contribution is -2.47. The summed E-state index contributed by atoms with van der Waals surface area (Å²) in [6.45, 7) is 14.9. The molecule has 1 aromatic heterocycles. The second kappa shape index (κ2) is 8.84. The Hall–Kier alpha value is 0.347. The van der Waals surface area contributed by atoms with Crippen molar-refractivity contribution < 1.29 is 4.43 Å². The monoisotopic (exact) mass is 436 g/mol. The zero-order chi connectivity index (χ0) is 16.0. The molecule has 1 rings (SSSR count). The first-order chi connectivity index (χ1) is 9.82. The molecule has 0 bridgehead atoms. The Balaban J connectivity index is 2.65. The second-order valence-electron chi connectivity index (χ2n) is 6.48. The minimum Gasteiger partial charge on any atom is -0.416 e. The molecule has 1 heterocycles.